The molecule has 23 heavy (non-hydrogen) atoms. The zero-order valence-electron chi connectivity index (χ0n) is 13.4. The van der Waals surface area contributed by atoms with E-state index in [1.165, 1.54) is 17.5 Å². The summed E-state index contributed by atoms with van der Waals surface area (Å²) in [4.78, 5) is 12.5. The second-order valence-corrected chi connectivity index (χ2v) is 6.78. The second kappa shape index (κ2) is 6.75. The van der Waals surface area contributed by atoms with Crippen LogP contribution in [0.1, 0.15) is 46.4 Å². The van der Waals surface area contributed by atoms with Crippen LogP contribution in [0.4, 0.5) is 0 Å². The smallest absolute Gasteiger partial charge is 0.251 e. The minimum absolute atomic E-state index is 0.0286. The molecule has 0 unspecified atom stereocenters. The fraction of sp³-hybridized carbons (Fsp3) is 0.316. The molecule has 1 aliphatic carbocycles. The number of nitrogens with one attached hydrogen (secondary N) is 1. The van der Waals surface area contributed by atoms with Crippen molar-refractivity contribution in [3.63, 3.8) is 0 Å². The predicted octanol–water partition coefficient (Wildman–Crippen LogP) is 4.44. The van der Waals surface area contributed by atoms with Crippen molar-refractivity contribution in [3.05, 3.63) is 63.1 Å². The van der Waals surface area contributed by atoms with E-state index in [2.05, 4.69) is 27.3 Å². The molecule has 2 aromatic rings. The Bertz CT molecular complexity index is 742. The van der Waals surface area contributed by atoms with Crippen molar-refractivity contribution >= 4 is 21.8 Å². The van der Waals surface area contributed by atoms with E-state index in [9.17, 15) is 4.79 Å². The minimum Gasteiger partial charge on any atom is -0.496 e. The lowest BCUT2D eigenvalue weighted by Crippen LogP contribution is -2.26. The zero-order chi connectivity index (χ0) is 16.4. The van der Waals surface area contributed by atoms with Gasteiger partial charge in [0, 0.05) is 5.56 Å². The number of ether oxygens (including phenoxy) is 1. The standard InChI is InChI=1S/C19H20BrNO2/c1-12(14-8-9-18(23-2)17(20)11-14)21-19(22)16-7-6-13-4-3-5-15(13)10-16/h6-12H,3-5H2,1-2H3,(H,21,22)/t12-/m1/s1. The summed E-state index contributed by atoms with van der Waals surface area (Å²) in [6, 6.07) is 11.8. The van der Waals surface area contributed by atoms with Crippen LogP contribution >= 0.6 is 15.9 Å². The van der Waals surface area contributed by atoms with Crippen molar-refractivity contribution in [2.75, 3.05) is 7.11 Å². The van der Waals surface area contributed by atoms with Gasteiger partial charge in [0.05, 0.1) is 17.6 Å². The van der Waals surface area contributed by atoms with E-state index in [-0.39, 0.29) is 11.9 Å². The van der Waals surface area contributed by atoms with Crippen LogP contribution < -0.4 is 10.1 Å². The number of aryl methyl sites for hydroxylation is 2. The summed E-state index contributed by atoms with van der Waals surface area (Å²) in [6.07, 6.45) is 3.40. The number of methoxy groups -OCH3 is 1. The van der Waals surface area contributed by atoms with Crippen LogP contribution in [0.5, 0.6) is 5.75 Å². The van der Waals surface area contributed by atoms with E-state index >= 15 is 0 Å². The molecule has 1 aliphatic rings. The molecule has 0 heterocycles. The molecule has 0 radical (unpaired) electrons. The zero-order valence-corrected chi connectivity index (χ0v) is 14.9. The maximum Gasteiger partial charge on any atom is 0.251 e. The van der Waals surface area contributed by atoms with Crippen molar-refractivity contribution < 1.29 is 9.53 Å². The number of fused-ring (bicyclic) bond motifs is 1. The molecule has 2 aromatic carbocycles. The van der Waals surface area contributed by atoms with Gasteiger partial charge in [-0.25, -0.2) is 0 Å². The summed E-state index contributed by atoms with van der Waals surface area (Å²) in [5, 5.41) is 3.07. The highest BCUT2D eigenvalue weighted by Gasteiger charge is 2.16. The lowest BCUT2D eigenvalue weighted by molar-refractivity contribution is 0.0940. The van der Waals surface area contributed by atoms with E-state index in [0.717, 1.165) is 34.2 Å². The normalized spacial score (nSPS) is 14.2. The molecule has 0 aromatic heterocycles. The van der Waals surface area contributed by atoms with Crippen LogP contribution in [0.25, 0.3) is 0 Å². The maximum atomic E-state index is 12.5. The van der Waals surface area contributed by atoms with Gasteiger partial charge in [0.15, 0.2) is 0 Å². The highest BCUT2D eigenvalue weighted by Crippen LogP contribution is 2.28. The average Bonchev–Trinajstić information content (AvgIpc) is 3.02. The molecule has 3 rings (SSSR count). The van der Waals surface area contributed by atoms with Crippen LogP contribution in [0, 0.1) is 0 Å². The molecule has 1 atom stereocenters. The SMILES string of the molecule is COc1ccc([C@@H](C)NC(=O)c2ccc3c(c2)CCC3)cc1Br. The van der Waals surface area contributed by atoms with Crippen molar-refractivity contribution in [1.82, 2.24) is 5.32 Å². The van der Waals surface area contributed by atoms with Crippen LogP contribution in [-0.4, -0.2) is 13.0 Å². The number of benzene rings is 2. The van der Waals surface area contributed by atoms with Gasteiger partial charge in [-0.2, -0.15) is 0 Å². The van der Waals surface area contributed by atoms with Crippen molar-refractivity contribution in [2.45, 2.75) is 32.2 Å². The molecule has 3 nitrogen and oxygen atoms in total. The number of rotatable bonds is 4. The Morgan fingerprint density at radius 3 is 2.70 bits per heavy atom. The minimum atomic E-state index is -0.0713. The van der Waals surface area contributed by atoms with Crippen LogP contribution in [0.2, 0.25) is 0 Å². The van der Waals surface area contributed by atoms with Crippen LogP contribution in [0.3, 0.4) is 0 Å². The Labute approximate surface area is 145 Å². The van der Waals surface area contributed by atoms with Gasteiger partial charge in [0.25, 0.3) is 5.91 Å². The van der Waals surface area contributed by atoms with E-state index in [1.54, 1.807) is 7.11 Å². The monoisotopic (exact) mass is 373 g/mol. The molecule has 0 bridgehead atoms. The largest absolute Gasteiger partial charge is 0.496 e. The second-order valence-electron chi connectivity index (χ2n) is 5.93. The van der Waals surface area contributed by atoms with Crippen molar-refractivity contribution in [1.29, 1.82) is 0 Å². The third kappa shape index (κ3) is 3.42. The Balaban J connectivity index is 1.73. The first-order valence-electron chi connectivity index (χ1n) is 7.84. The summed E-state index contributed by atoms with van der Waals surface area (Å²) < 4.78 is 6.12. The summed E-state index contributed by atoms with van der Waals surface area (Å²) in [5.41, 5.74) is 4.48. The molecule has 0 fully saturated rings. The molecule has 1 amide bonds. The van der Waals surface area contributed by atoms with Gasteiger partial charge >= 0.3 is 0 Å². The lowest BCUT2D eigenvalue weighted by atomic mass is 10.0. The van der Waals surface area contributed by atoms with Crippen molar-refractivity contribution in [2.24, 2.45) is 0 Å². The van der Waals surface area contributed by atoms with Crippen molar-refractivity contribution in [3.8, 4) is 5.75 Å². The first-order chi connectivity index (χ1) is 11.1. The average molecular weight is 374 g/mol. The Kier molecular flexibility index (Phi) is 4.71. The van der Waals surface area contributed by atoms with Gasteiger partial charge in [0.1, 0.15) is 5.75 Å². The number of carbonyl (C=O) groups is 1. The fourth-order valence-electron chi connectivity index (χ4n) is 3.03. The quantitative estimate of drug-likeness (QED) is 0.860. The van der Waals surface area contributed by atoms with Gasteiger partial charge < -0.3 is 10.1 Å². The molecule has 0 aliphatic heterocycles. The lowest BCUT2D eigenvalue weighted by Gasteiger charge is -2.16. The topological polar surface area (TPSA) is 38.3 Å². The van der Waals surface area contributed by atoms with Gasteiger partial charge in [-0.1, -0.05) is 12.1 Å². The number of amides is 1. The number of halogens is 1. The Hall–Kier alpha value is -1.81. The summed E-state index contributed by atoms with van der Waals surface area (Å²) in [7, 11) is 1.64. The number of hydrogen-bond donors (Lipinski definition) is 1. The van der Waals surface area contributed by atoms with Gasteiger partial charge in [-0.3, -0.25) is 4.79 Å². The van der Waals surface area contributed by atoms with E-state index in [1.807, 2.05) is 37.3 Å². The first kappa shape index (κ1) is 16.1. The molecule has 1 N–H and O–H groups in total. The summed E-state index contributed by atoms with van der Waals surface area (Å²) in [6.45, 7) is 1.99. The molecular weight excluding hydrogens is 354 g/mol. The third-order valence-corrected chi connectivity index (χ3v) is 5.00. The highest BCUT2D eigenvalue weighted by atomic mass is 79.9. The molecule has 120 valence electrons. The maximum absolute atomic E-state index is 12.5. The first-order valence-corrected chi connectivity index (χ1v) is 8.64. The number of carbonyl (C=O) groups excluding carboxylic acids is 1. The molecule has 4 heteroatoms. The molecular formula is C19H20BrNO2. The van der Waals surface area contributed by atoms with Crippen LogP contribution in [-0.2, 0) is 12.8 Å². The Morgan fingerprint density at radius 2 is 1.96 bits per heavy atom. The van der Waals surface area contributed by atoms with E-state index in [0.29, 0.717) is 0 Å². The molecule has 0 saturated carbocycles. The van der Waals surface area contributed by atoms with E-state index < -0.39 is 0 Å². The fourth-order valence-corrected chi connectivity index (χ4v) is 3.59. The van der Waals surface area contributed by atoms with Gasteiger partial charge in [-0.15, -0.1) is 0 Å². The number of hydrogen-bond acceptors (Lipinski definition) is 2. The van der Waals surface area contributed by atoms with Crippen LogP contribution in [0.15, 0.2) is 40.9 Å². The predicted molar refractivity (Wildman–Crippen MR) is 95.0 cm³/mol. The summed E-state index contributed by atoms with van der Waals surface area (Å²) >= 11 is 3.48. The molecule has 0 saturated heterocycles. The Morgan fingerprint density at radius 1 is 1.17 bits per heavy atom. The molecule has 0 spiro atoms. The third-order valence-electron chi connectivity index (χ3n) is 4.38. The highest BCUT2D eigenvalue weighted by molar-refractivity contribution is 9.10. The summed E-state index contributed by atoms with van der Waals surface area (Å²) in [5.74, 6) is 0.755. The van der Waals surface area contributed by atoms with Gasteiger partial charge in [0.2, 0.25) is 0 Å². The van der Waals surface area contributed by atoms with E-state index in [4.69, 9.17) is 4.74 Å². The van der Waals surface area contributed by atoms with Gasteiger partial charge in [-0.05, 0) is 83.1 Å².